The van der Waals surface area contributed by atoms with Crippen LogP contribution in [0.15, 0.2) is 16.8 Å². The van der Waals surface area contributed by atoms with E-state index >= 15 is 0 Å². The van der Waals surface area contributed by atoms with E-state index in [-0.39, 0.29) is 0 Å². The summed E-state index contributed by atoms with van der Waals surface area (Å²) in [6, 6.07) is 3.16. The summed E-state index contributed by atoms with van der Waals surface area (Å²) in [5, 5.41) is 8.03. The average Bonchev–Trinajstić information content (AvgIpc) is 3.09. The molecule has 1 aliphatic heterocycles. The molecule has 3 heteroatoms. The molecular weight excluding hydrogens is 228 g/mol. The zero-order valence-electron chi connectivity index (χ0n) is 10.4. The first kappa shape index (κ1) is 11.7. The molecule has 0 spiro atoms. The molecule has 1 atom stereocenters. The summed E-state index contributed by atoms with van der Waals surface area (Å²) in [6.07, 6.45) is 5.62. The van der Waals surface area contributed by atoms with Gasteiger partial charge in [0.15, 0.2) is 0 Å². The van der Waals surface area contributed by atoms with E-state index < -0.39 is 0 Å². The van der Waals surface area contributed by atoms with E-state index in [0.717, 1.165) is 12.0 Å². The Morgan fingerprint density at radius 1 is 1.35 bits per heavy atom. The molecule has 2 heterocycles. The van der Waals surface area contributed by atoms with Crippen LogP contribution in [0, 0.1) is 5.92 Å². The normalized spacial score (nSPS) is 25.4. The van der Waals surface area contributed by atoms with Crippen molar-refractivity contribution in [2.45, 2.75) is 38.3 Å². The number of nitrogens with one attached hydrogen (secondary N) is 1. The van der Waals surface area contributed by atoms with Crippen LogP contribution in [0.4, 0.5) is 0 Å². The van der Waals surface area contributed by atoms with Gasteiger partial charge in [-0.3, -0.25) is 4.90 Å². The van der Waals surface area contributed by atoms with Gasteiger partial charge in [0.2, 0.25) is 0 Å². The third kappa shape index (κ3) is 3.30. The highest BCUT2D eigenvalue weighted by Crippen LogP contribution is 2.30. The summed E-state index contributed by atoms with van der Waals surface area (Å²) < 4.78 is 0. The van der Waals surface area contributed by atoms with Gasteiger partial charge < -0.3 is 5.32 Å². The van der Waals surface area contributed by atoms with Gasteiger partial charge in [-0.05, 0) is 67.1 Å². The maximum Gasteiger partial charge on any atom is 0.0245 e. The molecule has 2 nitrogen and oxygen atoms in total. The van der Waals surface area contributed by atoms with Crippen LogP contribution < -0.4 is 5.32 Å². The minimum atomic E-state index is 0.878. The van der Waals surface area contributed by atoms with Crippen LogP contribution in [0.2, 0.25) is 0 Å². The molecular formula is C14H22N2S. The molecule has 1 aromatic heterocycles. The Morgan fingerprint density at radius 2 is 2.29 bits per heavy atom. The van der Waals surface area contributed by atoms with E-state index in [0.29, 0.717) is 0 Å². The van der Waals surface area contributed by atoms with Crippen LogP contribution in [0.5, 0.6) is 0 Å². The Bertz CT molecular complexity index is 326. The fraction of sp³-hybridized carbons (Fsp3) is 0.714. The van der Waals surface area contributed by atoms with Gasteiger partial charge >= 0.3 is 0 Å². The van der Waals surface area contributed by atoms with Crippen LogP contribution in [-0.2, 0) is 6.54 Å². The van der Waals surface area contributed by atoms with Crippen LogP contribution in [0.25, 0.3) is 0 Å². The molecule has 1 aromatic rings. The summed E-state index contributed by atoms with van der Waals surface area (Å²) >= 11 is 1.82. The largest absolute Gasteiger partial charge is 0.316 e. The summed E-state index contributed by atoms with van der Waals surface area (Å²) in [5.74, 6) is 0.878. The summed E-state index contributed by atoms with van der Waals surface area (Å²) in [5.41, 5.74) is 1.51. The van der Waals surface area contributed by atoms with E-state index in [1.165, 1.54) is 57.4 Å². The Balaban J connectivity index is 1.56. The predicted molar refractivity (Wildman–Crippen MR) is 73.3 cm³/mol. The number of thiophene rings is 1. The Kier molecular flexibility index (Phi) is 3.79. The van der Waals surface area contributed by atoms with Gasteiger partial charge in [-0.1, -0.05) is 0 Å². The summed E-state index contributed by atoms with van der Waals surface area (Å²) in [4.78, 5) is 2.72. The minimum Gasteiger partial charge on any atom is -0.316 e. The fourth-order valence-corrected chi connectivity index (χ4v) is 3.47. The van der Waals surface area contributed by atoms with Crippen LogP contribution in [-0.4, -0.2) is 30.6 Å². The lowest BCUT2D eigenvalue weighted by atomic mass is 9.99. The molecule has 2 fully saturated rings. The Labute approximate surface area is 108 Å². The molecule has 94 valence electrons. The van der Waals surface area contributed by atoms with Gasteiger partial charge in [0.25, 0.3) is 0 Å². The topological polar surface area (TPSA) is 15.3 Å². The van der Waals surface area contributed by atoms with Crippen molar-refractivity contribution in [2.24, 2.45) is 5.92 Å². The van der Waals surface area contributed by atoms with Crippen molar-refractivity contribution >= 4 is 11.3 Å². The molecule has 0 bridgehead atoms. The standard InChI is InChI=1S/C14H22N2S/c1-2-12(8-15-6-1)9-16(14-3-4-14)10-13-5-7-17-11-13/h5,7,11-12,14-15H,1-4,6,8-10H2. The van der Waals surface area contributed by atoms with E-state index in [4.69, 9.17) is 0 Å². The minimum absolute atomic E-state index is 0.878. The van der Waals surface area contributed by atoms with Gasteiger partial charge in [0.05, 0.1) is 0 Å². The Hall–Kier alpha value is -0.380. The zero-order valence-corrected chi connectivity index (χ0v) is 11.2. The molecule has 0 radical (unpaired) electrons. The second kappa shape index (κ2) is 5.51. The van der Waals surface area contributed by atoms with Gasteiger partial charge in [-0.2, -0.15) is 11.3 Å². The van der Waals surface area contributed by atoms with Crippen LogP contribution in [0.3, 0.4) is 0 Å². The van der Waals surface area contributed by atoms with Crippen molar-refractivity contribution in [1.82, 2.24) is 10.2 Å². The molecule has 1 aliphatic carbocycles. The molecule has 2 aliphatic rings. The Morgan fingerprint density at radius 3 is 2.94 bits per heavy atom. The summed E-state index contributed by atoms with van der Waals surface area (Å²) in [6.45, 7) is 4.93. The van der Waals surface area contributed by atoms with Crippen molar-refractivity contribution in [1.29, 1.82) is 0 Å². The first-order valence-electron chi connectivity index (χ1n) is 6.87. The number of piperidine rings is 1. The molecule has 3 rings (SSSR count). The second-order valence-electron chi connectivity index (χ2n) is 5.50. The van der Waals surface area contributed by atoms with E-state index in [1.54, 1.807) is 0 Å². The fourth-order valence-electron chi connectivity index (χ4n) is 2.81. The lowest BCUT2D eigenvalue weighted by Gasteiger charge is -2.30. The van der Waals surface area contributed by atoms with Crippen molar-refractivity contribution in [3.05, 3.63) is 22.4 Å². The quantitative estimate of drug-likeness (QED) is 0.864. The lowest BCUT2D eigenvalue weighted by molar-refractivity contribution is 0.193. The third-order valence-electron chi connectivity index (χ3n) is 3.92. The van der Waals surface area contributed by atoms with E-state index in [1.807, 2.05) is 11.3 Å². The zero-order chi connectivity index (χ0) is 11.5. The molecule has 1 saturated heterocycles. The number of hydrogen-bond acceptors (Lipinski definition) is 3. The van der Waals surface area contributed by atoms with Gasteiger partial charge in [0.1, 0.15) is 0 Å². The first-order chi connectivity index (χ1) is 8.42. The molecule has 17 heavy (non-hydrogen) atoms. The molecule has 1 saturated carbocycles. The maximum atomic E-state index is 3.53. The van der Waals surface area contributed by atoms with Gasteiger partial charge in [-0.15, -0.1) is 0 Å². The average molecular weight is 250 g/mol. The van der Waals surface area contributed by atoms with E-state index in [9.17, 15) is 0 Å². The predicted octanol–water partition coefficient (Wildman–Crippen LogP) is 2.71. The lowest BCUT2D eigenvalue weighted by Crippen LogP contribution is -2.38. The van der Waals surface area contributed by atoms with Crippen LogP contribution >= 0.6 is 11.3 Å². The second-order valence-corrected chi connectivity index (χ2v) is 6.28. The van der Waals surface area contributed by atoms with Crippen LogP contribution in [0.1, 0.15) is 31.2 Å². The van der Waals surface area contributed by atoms with Gasteiger partial charge in [0, 0.05) is 19.1 Å². The smallest absolute Gasteiger partial charge is 0.0245 e. The third-order valence-corrected chi connectivity index (χ3v) is 4.65. The van der Waals surface area contributed by atoms with Crippen molar-refractivity contribution in [3.63, 3.8) is 0 Å². The number of rotatable bonds is 5. The summed E-state index contributed by atoms with van der Waals surface area (Å²) in [7, 11) is 0. The molecule has 0 amide bonds. The van der Waals surface area contributed by atoms with Gasteiger partial charge in [-0.25, -0.2) is 0 Å². The molecule has 0 aromatic carbocycles. The highest BCUT2D eigenvalue weighted by molar-refractivity contribution is 7.07. The molecule has 1 N–H and O–H groups in total. The monoisotopic (exact) mass is 250 g/mol. The molecule has 1 unspecified atom stereocenters. The number of nitrogens with zero attached hydrogens (tertiary/aromatic N) is 1. The maximum absolute atomic E-state index is 3.53. The van der Waals surface area contributed by atoms with Crippen molar-refractivity contribution in [2.75, 3.05) is 19.6 Å². The SMILES string of the molecule is c1cc(CN(CC2CCCNC2)C2CC2)cs1. The van der Waals surface area contributed by atoms with E-state index in [2.05, 4.69) is 27.0 Å². The first-order valence-corrected chi connectivity index (χ1v) is 7.82. The number of hydrogen-bond donors (Lipinski definition) is 1. The van der Waals surface area contributed by atoms with Crippen molar-refractivity contribution in [3.8, 4) is 0 Å². The highest BCUT2D eigenvalue weighted by atomic mass is 32.1. The van der Waals surface area contributed by atoms with Crippen molar-refractivity contribution < 1.29 is 0 Å². The highest BCUT2D eigenvalue weighted by Gasteiger charge is 2.30.